The Morgan fingerprint density at radius 3 is 2.37 bits per heavy atom. The highest BCUT2D eigenvalue weighted by molar-refractivity contribution is 6.59. The minimum Gasteiger partial charge on any atom is -0.334 e. The summed E-state index contributed by atoms with van der Waals surface area (Å²) >= 11 is 23.3. The number of allylic oxidation sites excluding steroid dienone is 1. The first kappa shape index (κ1) is 19.4. The number of halogens is 4. The van der Waals surface area contributed by atoms with Gasteiger partial charge in [-0.3, -0.25) is 10.1 Å². The van der Waals surface area contributed by atoms with Crippen molar-refractivity contribution in [2.45, 2.75) is 0 Å². The van der Waals surface area contributed by atoms with Gasteiger partial charge in [0.15, 0.2) is 5.03 Å². The van der Waals surface area contributed by atoms with Gasteiger partial charge in [-0.25, -0.2) is 0 Å². The maximum Gasteiger partial charge on any atom is 0.332 e. The van der Waals surface area contributed by atoms with Crippen molar-refractivity contribution in [1.82, 2.24) is 15.0 Å². The lowest BCUT2D eigenvalue weighted by molar-refractivity contribution is -0.419. The van der Waals surface area contributed by atoms with Crippen LogP contribution in [0, 0.1) is 10.1 Å². The van der Waals surface area contributed by atoms with Crippen LogP contribution in [0.5, 0.6) is 0 Å². The molecule has 0 aliphatic rings. The normalized spacial score (nSPS) is 11.9. The van der Waals surface area contributed by atoms with Crippen LogP contribution in [0.4, 0.5) is 5.69 Å². The van der Waals surface area contributed by atoms with Crippen molar-refractivity contribution in [1.29, 1.82) is 0 Å². The molecule has 7 nitrogen and oxygen atoms in total. The molecule has 0 unspecified atom stereocenters. The molecule has 0 amide bonds. The second-order valence-electron chi connectivity index (χ2n) is 5.15. The van der Waals surface area contributed by atoms with Gasteiger partial charge in [-0.2, -0.15) is 4.68 Å². The van der Waals surface area contributed by atoms with E-state index in [9.17, 15) is 10.1 Å². The van der Waals surface area contributed by atoms with E-state index in [1.165, 1.54) is 4.68 Å². The highest BCUT2D eigenvalue weighted by Crippen LogP contribution is 2.31. The molecule has 138 valence electrons. The van der Waals surface area contributed by atoms with E-state index >= 15 is 0 Å². The van der Waals surface area contributed by atoms with Gasteiger partial charge < -0.3 is 5.32 Å². The van der Waals surface area contributed by atoms with Gasteiger partial charge in [-0.1, -0.05) is 63.7 Å². The van der Waals surface area contributed by atoms with Gasteiger partial charge in [0, 0.05) is 10.7 Å². The van der Waals surface area contributed by atoms with Crippen molar-refractivity contribution < 1.29 is 4.92 Å². The van der Waals surface area contributed by atoms with Crippen LogP contribution < -0.4 is 5.32 Å². The Bertz CT molecular complexity index is 1070. The Kier molecular flexibility index (Phi) is 5.86. The Morgan fingerprint density at radius 2 is 1.74 bits per heavy atom. The summed E-state index contributed by atoms with van der Waals surface area (Å²) in [5, 5.41) is 22.8. The van der Waals surface area contributed by atoms with Gasteiger partial charge in [-0.15, -0.1) is 5.10 Å². The van der Waals surface area contributed by atoms with Crippen molar-refractivity contribution in [2.75, 3.05) is 5.32 Å². The van der Waals surface area contributed by atoms with Crippen molar-refractivity contribution in [3.63, 3.8) is 0 Å². The maximum absolute atomic E-state index is 11.8. The monoisotopic (exact) mass is 443 g/mol. The first-order valence-corrected chi connectivity index (χ1v) is 8.83. The highest BCUT2D eigenvalue weighted by atomic mass is 35.5. The molecule has 11 heteroatoms. The van der Waals surface area contributed by atoms with Crippen molar-refractivity contribution in [3.05, 3.63) is 78.9 Å². The summed E-state index contributed by atoms with van der Waals surface area (Å²) in [6, 6.07) is 13.5. The van der Waals surface area contributed by atoms with Crippen LogP contribution in [0.1, 0.15) is 0 Å². The van der Waals surface area contributed by atoms with Crippen molar-refractivity contribution in [2.24, 2.45) is 0 Å². The lowest BCUT2D eigenvalue weighted by Gasteiger charge is -2.12. The fraction of sp³-hybridized carbons (Fsp3) is 0. The summed E-state index contributed by atoms with van der Waals surface area (Å²) in [6.07, 6.45) is 0. The van der Waals surface area contributed by atoms with E-state index in [-0.39, 0.29) is 5.82 Å². The van der Waals surface area contributed by atoms with Crippen LogP contribution in [0.25, 0.3) is 16.9 Å². The van der Waals surface area contributed by atoms with Gasteiger partial charge in [0.25, 0.3) is 0 Å². The molecule has 0 saturated carbocycles. The summed E-state index contributed by atoms with van der Waals surface area (Å²) in [4.78, 5) is 11.0. The largest absolute Gasteiger partial charge is 0.334 e. The first-order chi connectivity index (χ1) is 12.9. The predicted octanol–water partition coefficient (Wildman–Crippen LogP) is 5.49. The fourth-order valence-electron chi connectivity index (χ4n) is 2.28. The van der Waals surface area contributed by atoms with Gasteiger partial charge in [0.1, 0.15) is 10.0 Å². The topological polar surface area (TPSA) is 85.9 Å². The number of aromatic nitrogens is 3. The maximum atomic E-state index is 11.8. The number of anilines is 1. The standard InChI is InChI=1S/C16H9Cl4N5O2/c17-9-5-7-10(8-6-9)21-16(14(25(26)27)13(18)15(19)20)24-12-4-2-1-3-11(12)22-23-24/h1-8,21H/b16-14-. The lowest BCUT2D eigenvalue weighted by Crippen LogP contribution is -2.16. The van der Waals surface area contributed by atoms with E-state index in [1.54, 1.807) is 48.5 Å². The summed E-state index contributed by atoms with van der Waals surface area (Å²) < 4.78 is 0.796. The van der Waals surface area contributed by atoms with E-state index in [0.717, 1.165) is 0 Å². The van der Waals surface area contributed by atoms with Crippen LogP contribution in [0.15, 0.2) is 63.8 Å². The quantitative estimate of drug-likeness (QED) is 0.319. The minimum atomic E-state index is -0.707. The predicted molar refractivity (Wildman–Crippen MR) is 107 cm³/mol. The molecule has 0 bridgehead atoms. The average Bonchev–Trinajstić information content (AvgIpc) is 3.06. The molecule has 0 spiro atoms. The molecular formula is C16H9Cl4N5O2. The zero-order chi connectivity index (χ0) is 19.6. The van der Waals surface area contributed by atoms with Crippen LogP contribution >= 0.6 is 46.4 Å². The van der Waals surface area contributed by atoms with Gasteiger partial charge >= 0.3 is 5.70 Å². The summed E-state index contributed by atoms with van der Waals surface area (Å²) in [5.41, 5.74) is 0.988. The summed E-state index contributed by atoms with van der Waals surface area (Å²) in [6.45, 7) is 0. The molecule has 2 aromatic carbocycles. The summed E-state index contributed by atoms with van der Waals surface area (Å²) in [7, 11) is 0. The third-order valence-electron chi connectivity index (χ3n) is 3.45. The second-order valence-corrected chi connectivity index (χ2v) is 6.91. The number of nitro groups is 1. The molecule has 1 aromatic heterocycles. The Hall–Kier alpha value is -2.32. The molecule has 1 heterocycles. The molecular weight excluding hydrogens is 436 g/mol. The number of rotatable bonds is 5. The van der Waals surface area contributed by atoms with E-state index < -0.39 is 20.1 Å². The number of para-hydroxylation sites is 1. The number of hydrogen-bond donors (Lipinski definition) is 1. The van der Waals surface area contributed by atoms with Crippen LogP contribution in [0.3, 0.4) is 0 Å². The van der Waals surface area contributed by atoms with Gasteiger partial charge in [0.2, 0.25) is 5.82 Å². The number of fused-ring (bicyclic) bond motifs is 1. The fourth-order valence-corrected chi connectivity index (χ4v) is 2.74. The van der Waals surface area contributed by atoms with E-state index in [2.05, 4.69) is 15.6 Å². The zero-order valence-corrected chi connectivity index (χ0v) is 16.3. The first-order valence-electron chi connectivity index (χ1n) is 7.31. The molecule has 0 aliphatic carbocycles. The molecule has 3 rings (SSSR count). The van der Waals surface area contributed by atoms with Gasteiger partial charge in [0.05, 0.1) is 10.4 Å². The molecule has 0 saturated heterocycles. The Balaban J connectivity index is 2.28. The Morgan fingerprint density at radius 1 is 1.07 bits per heavy atom. The SMILES string of the molecule is O=[N+]([O-])/C(C(Cl)=C(Cl)Cl)=C(/Nc1ccc(Cl)cc1)n1nnc2ccccc21. The molecule has 0 aliphatic heterocycles. The van der Waals surface area contributed by atoms with Crippen LogP contribution in [-0.4, -0.2) is 19.9 Å². The zero-order valence-electron chi connectivity index (χ0n) is 13.2. The number of benzene rings is 2. The van der Waals surface area contributed by atoms with E-state index in [0.29, 0.717) is 21.7 Å². The van der Waals surface area contributed by atoms with Crippen LogP contribution in [-0.2, 0) is 0 Å². The Labute approximate surface area is 172 Å². The molecule has 1 N–H and O–H groups in total. The van der Waals surface area contributed by atoms with Crippen LogP contribution in [0.2, 0.25) is 5.02 Å². The number of hydrogen-bond acceptors (Lipinski definition) is 5. The average molecular weight is 445 g/mol. The molecule has 3 aromatic rings. The smallest absolute Gasteiger partial charge is 0.332 e. The molecule has 0 radical (unpaired) electrons. The highest BCUT2D eigenvalue weighted by Gasteiger charge is 2.28. The lowest BCUT2D eigenvalue weighted by atomic mass is 10.3. The minimum absolute atomic E-state index is 0.0835. The molecule has 0 atom stereocenters. The number of nitrogens with one attached hydrogen (secondary N) is 1. The third-order valence-corrected chi connectivity index (χ3v) is 4.64. The van der Waals surface area contributed by atoms with E-state index in [1.807, 2.05) is 0 Å². The molecule has 27 heavy (non-hydrogen) atoms. The van der Waals surface area contributed by atoms with Crippen molar-refractivity contribution in [3.8, 4) is 0 Å². The van der Waals surface area contributed by atoms with Gasteiger partial charge in [-0.05, 0) is 36.4 Å². The van der Waals surface area contributed by atoms with Crippen molar-refractivity contribution >= 4 is 68.9 Å². The summed E-state index contributed by atoms with van der Waals surface area (Å²) in [5.74, 6) is -0.0835. The van der Waals surface area contributed by atoms with E-state index in [4.69, 9.17) is 46.4 Å². The molecule has 0 fully saturated rings. The third kappa shape index (κ3) is 4.17. The number of nitrogens with zero attached hydrogens (tertiary/aromatic N) is 4. The second kappa shape index (κ2) is 8.14.